The van der Waals surface area contributed by atoms with E-state index in [4.69, 9.17) is 14.2 Å². The van der Waals surface area contributed by atoms with E-state index in [1.54, 1.807) is 11.8 Å². The first kappa shape index (κ1) is 25.6. The number of benzene rings is 3. The highest BCUT2D eigenvalue weighted by molar-refractivity contribution is 5.85. The van der Waals surface area contributed by atoms with Gasteiger partial charge in [0, 0.05) is 24.8 Å². The van der Waals surface area contributed by atoms with Crippen LogP contribution >= 0.6 is 0 Å². The number of hydrogen-bond acceptors (Lipinski definition) is 5. The maximum absolute atomic E-state index is 13.1. The van der Waals surface area contributed by atoms with E-state index in [0.29, 0.717) is 19.6 Å². The number of nitrogens with zero attached hydrogens (tertiary/aromatic N) is 1. The number of hydrogen-bond donors (Lipinski definition) is 0. The lowest BCUT2D eigenvalue weighted by atomic mass is 9.87. The topological polar surface area (TPSA) is 65.1 Å². The van der Waals surface area contributed by atoms with Crippen LogP contribution in [0.25, 0.3) is 5.57 Å². The van der Waals surface area contributed by atoms with Gasteiger partial charge in [-0.05, 0) is 47.7 Å². The molecule has 1 fully saturated rings. The summed E-state index contributed by atoms with van der Waals surface area (Å²) in [5, 5.41) is 0. The van der Waals surface area contributed by atoms with Gasteiger partial charge >= 0.3 is 12.1 Å². The van der Waals surface area contributed by atoms with Gasteiger partial charge in [0.15, 0.2) is 0 Å². The van der Waals surface area contributed by atoms with Gasteiger partial charge in [0.2, 0.25) is 0 Å². The summed E-state index contributed by atoms with van der Waals surface area (Å²) >= 11 is 0. The number of ether oxygens (including phenoxy) is 3. The molecule has 0 spiro atoms. The van der Waals surface area contributed by atoms with Gasteiger partial charge in [0.05, 0.1) is 13.2 Å². The maximum atomic E-state index is 13.1. The monoisotopic (exact) mass is 511 g/mol. The number of likely N-dealkylation sites (tertiary alicyclic amines) is 1. The zero-order chi connectivity index (χ0) is 26.3. The Hall–Kier alpha value is -4.06. The summed E-state index contributed by atoms with van der Waals surface area (Å²) in [5.41, 5.74) is 4.38. The SMILES string of the molecule is CCOC(=O)[C@@H]1[C@H]2CC=C(c3ccc(OCCc4ccccc4)cc3)[C@H]2CN1C(=O)OCc1ccccc1. The zero-order valence-electron chi connectivity index (χ0n) is 21.6. The van der Waals surface area contributed by atoms with Crippen LogP contribution < -0.4 is 4.74 Å². The lowest BCUT2D eigenvalue weighted by molar-refractivity contribution is -0.149. The second-order valence-electron chi connectivity index (χ2n) is 9.66. The molecule has 0 radical (unpaired) electrons. The number of fused-ring (bicyclic) bond motifs is 1. The van der Waals surface area contributed by atoms with Gasteiger partial charge in [-0.2, -0.15) is 0 Å². The first-order chi connectivity index (χ1) is 18.6. The zero-order valence-corrected chi connectivity index (χ0v) is 21.6. The van der Waals surface area contributed by atoms with Crippen LogP contribution in [0.5, 0.6) is 5.75 Å². The molecular formula is C32H33NO5. The van der Waals surface area contributed by atoms with Crippen LogP contribution in [-0.2, 0) is 27.3 Å². The fourth-order valence-electron chi connectivity index (χ4n) is 5.48. The Morgan fingerprint density at radius 1 is 0.868 bits per heavy atom. The Morgan fingerprint density at radius 3 is 2.24 bits per heavy atom. The van der Waals surface area contributed by atoms with E-state index in [0.717, 1.165) is 28.9 Å². The third-order valence-electron chi connectivity index (χ3n) is 7.32. The molecule has 1 saturated heterocycles. The second kappa shape index (κ2) is 12.0. The molecular weight excluding hydrogens is 478 g/mol. The molecule has 0 saturated carbocycles. The van der Waals surface area contributed by atoms with Crippen molar-refractivity contribution in [2.75, 3.05) is 19.8 Å². The highest BCUT2D eigenvalue weighted by Crippen LogP contribution is 2.47. The number of carbonyl (C=O) groups excluding carboxylic acids is 2. The first-order valence-electron chi connectivity index (χ1n) is 13.2. The molecule has 196 valence electrons. The summed E-state index contributed by atoms with van der Waals surface area (Å²) in [6.07, 6.45) is 3.27. The molecule has 6 nitrogen and oxygen atoms in total. The second-order valence-corrected chi connectivity index (χ2v) is 9.66. The fraction of sp³-hybridized carbons (Fsp3) is 0.312. The molecule has 0 aromatic heterocycles. The smallest absolute Gasteiger partial charge is 0.410 e. The van der Waals surface area contributed by atoms with Crippen LogP contribution in [0.2, 0.25) is 0 Å². The van der Waals surface area contributed by atoms with Gasteiger partial charge < -0.3 is 14.2 Å². The van der Waals surface area contributed by atoms with Crippen LogP contribution in [0.15, 0.2) is 91.0 Å². The molecule has 38 heavy (non-hydrogen) atoms. The Bertz CT molecular complexity index is 1260. The largest absolute Gasteiger partial charge is 0.493 e. The molecule has 0 bridgehead atoms. The van der Waals surface area contributed by atoms with Gasteiger partial charge in [0.25, 0.3) is 0 Å². The summed E-state index contributed by atoms with van der Waals surface area (Å²) in [6, 6.07) is 27.2. The minimum absolute atomic E-state index is 0.0323. The van der Waals surface area contributed by atoms with Crippen molar-refractivity contribution in [3.8, 4) is 5.75 Å². The van der Waals surface area contributed by atoms with Crippen molar-refractivity contribution >= 4 is 17.6 Å². The van der Waals surface area contributed by atoms with Crippen LogP contribution in [0.1, 0.15) is 30.0 Å². The third-order valence-corrected chi connectivity index (χ3v) is 7.32. The van der Waals surface area contributed by atoms with Gasteiger partial charge in [-0.1, -0.05) is 78.9 Å². The average Bonchev–Trinajstić information content (AvgIpc) is 3.53. The standard InChI is InChI=1S/C32H33NO5/c1-2-36-31(34)30-28-18-17-27(29(28)21-33(30)32(35)38-22-24-11-7-4-8-12-24)25-13-15-26(16-14-25)37-20-19-23-9-5-3-6-10-23/h3-17,28-30H,2,18-22H2,1H3/t28-,29+,30-/m0/s1. The average molecular weight is 512 g/mol. The van der Waals surface area contributed by atoms with Crippen molar-refractivity contribution in [2.45, 2.75) is 32.4 Å². The molecule has 2 aliphatic rings. The van der Waals surface area contributed by atoms with Crippen LogP contribution in [0, 0.1) is 11.8 Å². The lowest BCUT2D eigenvalue weighted by Crippen LogP contribution is -2.44. The minimum atomic E-state index is -0.655. The lowest BCUT2D eigenvalue weighted by Gasteiger charge is -2.25. The number of amides is 1. The number of rotatable bonds is 9. The number of esters is 1. The highest BCUT2D eigenvalue weighted by atomic mass is 16.6. The van der Waals surface area contributed by atoms with Gasteiger partial charge in [-0.25, -0.2) is 9.59 Å². The van der Waals surface area contributed by atoms with Crippen LogP contribution in [0.3, 0.4) is 0 Å². The molecule has 1 heterocycles. The summed E-state index contributed by atoms with van der Waals surface area (Å²) in [6.45, 7) is 3.24. The Morgan fingerprint density at radius 2 is 1.55 bits per heavy atom. The molecule has 3 atom stereocenters. The van der Waals surface area contributed by atoms with E-state index in [-0.39, 0.29) is 31.0 Å². The van der Waals surface area contributed by atoms with Crippen molar-refractivity contribution in [2.24, 2.45) is 11.8 Å². The minimum Gasteiger partial charge on any atom is -0.493 e. The van der Waals surface area contributed by atoms with Crippen molar-refractivity contribution in [3.05, 3.63) is 108 Å². The molecule has 1 aliphatic carbocycles. The Kier molecular flexibility index (Phi) is 8.07. The van der Waals surface area contributed by atoms with E-state index < -0.39 is 12.1 Å². The van der Waals surface area contributed by atoms with Crippen LogP contribution in [0.4, 0.5) is 4.79 Å². The van der Waals surface area contributed by atoms with E-state index in [1.165, 1.54) is 5.56 Å². The summed E-state index contributed by atoms with van der Waals surface area (Å²) < 4.78 is 16.9. The summed E-state index contributed by atoms with van der Waals surface area (Å²) in [4.78, 5) is 27.6. The van der Waals surface area contributed by atoms with Crippen molar-refractivity contribution in [1.82, 2.24) is 4.90 Å². The molecule has 5 rings (SSSR count). The predicted molar refractivity (Wildman–Crippen MR) is 145 cm³/mol. The molecule has 0 unspecified atom stereocenters. The van der Waals surface area contributed by atoms with Gasteiger partial charge in [-0.15, -0.1) is 0 Å². The number of carbonyl (C=O) groups is 2. The van der Waals surface area contributed by atoms with E-state index in [2.05, 4.69) is 30.3 Å². The van der Waals surface area contributed by atoms with E-state index >= 15 is 0 Å². The molecule has 1 aliphatic heterocycles. The molecule has 3 aromatic rings. The first-order valence-corrected chi connectivity index (χ1v) is 13.2. The molecule has 0 N–H and O–H groups in total. The van der Waals surface area contributed by atoms with Crippen molar-refractivity contribution in [1.29, 1.82) is 0 Å². The quantitative estimate of drug-likeness (QED) is 0.334. The van der Waals surface area contributed by atoms with Crippen LogP contribution in [-0.4, -0.2) is 42.8 Å². The Balaban J connectivity index is 1.24. The van der Waals surface area contributed by atoms with E-state index in [9.17, 15) is 9.59 Å². The molecule has 1 amide bonds. The Labute approximate surface area is 223 Å². The molecule has 3 aromatic carbocycles. The predicted octanol–water partition coefficient (Wildman–Crippen LogP) is 5.91. The van der Waals surface area contributed by atoms with Gasteiger partial charge in [0.1, 0.15) is 18.4 Å². The third kappa shape index (κ3) is 5.75. The fourth-order valence-corrected chi connectivity index (χ4v) is 5.48. The summed E-state index contributed by atoms with van der Waals surface area (Å²) in [7, 11) is 0. The maximum Gasteiger partial charge on any atom is 0.410 e. The highest BCUT2D eigenvalue weighted by Gasteiger charge is 2.52. The van der Waals surface area contributed by atoms with E-state index in [1.807, 2.05) is 60.7 Å². The molecule has 6 heteroatoms. The van der Waals surface area contributed by atoms with Crippen molar-refractivity contribution < 1.29 is 23.8 Å². The van der Waals surface area contributed by atoms with Crippen molar-refractivity contribution in [3.63, 3.8) is 0 Å². The van der Waals surface area contributed by atoms with Gasteiger partial charge in [-0.3, -0.25) is 4.90 Å². The number of allylic oxidation sites excluding steroid dienone is 1. The summed E-state index contributed by atoms with van der Waals surface area (Å²) in [5.74, 6) is 0.462. The normalized spacial score (nSPS) is 20.0.